The van der Waals surface area contributed by atoms with E-state index in [1.807, 2.05) is 18.2 Å². The van der Waals surface area contributed by atoms with Gasteiger partial charge in [-0.15, -0.1) is 0 Å². The summed E-state index contributed by atoms with van der Waals surface area (Å²) < 4.78 is 0. The lowest BCUT2D eigenvalue weighted by Gasteiger charge is -2.32. The molecule has 0 fully saturated rings. The minimum absolute atomic E-state index is 0.424. The van der Waals surface area contributed by atoms with Gasteiger partial charge in [-0.3, -0.25) is 0 Å². The molecule has 184 valence electrons. The third-order valence-electron chi connectivity index (χ3n) is 7.17. The topological polar surface area (TPSA) is 12.0 Å². The molecule has 0 bridgehead atoms. The van der Waals surface area contributed by atoms with E-state index >= 15 is 0 Å². The van der Waals surface area contributed by atoms with Gasteiger partial charge in [0.25, 0.3) is 0 Å². The van der Waals surface area contributed by atoms with E-state index in [0.717, 1.165) is 30.0 Å². The Labute approximate surface area is 214 Å². The Morgan fingerprint density at radius 1 is 1.26 bits per heavy atom. The van der Waals surface area contributed by atoms with Crippen molar-refractivity contribution in [1.82, 2.24) is 5.32 Å². The van der Waals surface area contributed by atoms with Crippen molar-refractivity contribution in [3.8, 4) is 0 Å². The molecule has 0 amide bonds. The zero-order valence-corrected chi connectivity index (χ0v) is 22.9. The minimum Gasteiger partial charge on any atom is -0.306 e. The summed E-state index contributed by atoms with van der Waals surface area (Å²) in [6.07, 6.45) is 18.7. The van der Waals surface area contributed by atoms with E-state index in [-0.39, 0.29) is 0 Å². The van der Waals surface area contributed by atoms with Crippen molar-refractivity contribution in [2.24, 2.45) is 5.92 Å². The second-order valence-corrected chi connectivity index (χ2v) is 9.79. The quantitative estimate of drug-likeness (QED) is 0.313. The maximum atomic E-state index is 6.56. The maximum Gasteiger partial charge on any atom is 0.0486 e. The average molecular weight is 478 g/mol. The predicted molar refractivity (Wildman–Crippen MR) is 153 cm³/mol. The highest BCUT2D eigenvalue weighted by Gasteiger charge is 2.25. The van der Waals surface area contributed by atoms with Gasteiger partial charge < -0.3 is 5.32 Å². The Balaban J connectivity index is 2.31. The number of halogens is 1. The van der Waals surface area contributed by atoms with Crippen LogP contribution in [-0.2, 0) is 0 Å². The van der Waals surface area contributed by atoms with E-state index in [4.69, 9.17) is 11.6 Å². The van der Waals surface area contributed by atoms with Crippen LogP contribution in [0.15, 0.2) is 83.5 Å². The van der Waals surface area contributed by atoms with Crippen LogP contribution in [0.4, 0.5) is 0 Å². The molecule has 1 N–H and O–H groups in total. The molecule has 2 unspecified atom stereocenters. The van der Waals surface area contributed by atoms with Crippen molar-refractivity contribution in [2.75, 3.05) is 6.54 Å². The third-order valence-corrected chi connectivity index (χ3v) is 7.48. The number of benzene rings is 1. The van der Waals surface area contributed by atoms with Gasteiger partial charge in [0.15, 0.2) is 0 Å². The molecule has 0 aromatic heterocycles. The fourth-order valence-corrected chi connectivity index (χ4v) is 5.13. The van der Waals surface area contributed by atoms with Gasteiger partial charge in [-0.2, -0.15) is 0 Å². The number of aryl methyl sites for hydroxylation is 1. The maximum absolute atomic E-state index is 6.56. The van der Waals surface area contributed by atoms with Crippen molar-refractivity contribution in [2.45, 2.75) is 79.7 Å². The Morgan fingerprint density at radius 3 is 2.65 bits per heavy atom. The van der Waals surface area contributed by atoms with Crippen LogP contribution in [0.25, 0.3) is 5.57 Å². The first-order valence-corrected chi connectivity index (χ1v) is 13.3. The Hall–Kier alpha value is -2.09. The second kappa shape index (κ2) is 14.3. The predicted octanol–water partition coefficient (Wildman–Crippen LogP) is 9.56. The SMILES string of the molecule is C=C/C=C\C1=C(C(C)CC)C(NCC(/C=C\C(=C/C)c2c(C)cccc2Cl)=C(C)CC)CCC1. The fourth-order valence-electron chi connectivity index (χ4n) is 4.80. The summed E-state index contributed by atoms with van der Waals surface area (Å²) in [6, 6.07) is 6.53. The fraction of sp³-hybridized carbons (Fsp3) is 0.438. The molecule has 1 aromatic rings. The van der Waals surface area contributed by atoms with Crippen molar-refractivity contribution < 1.29 is 0 Å². The largest absolute Gasteiger partial charge is 0.306 e. The summed E-state index contributed by atoms with van der Waals surface area (Å²) in [5.41, 5.74) is 9.36. The van der Waals surface area contributed by atoms with Crippen molar-refractivity contribution in [3.63, 3.8) is 0 Å². The Kier molecular flexibility index (Phi) is 11.9. The van der Waals surface area contributed by atoms with E-state index in [1.165, 1.54) is 47.1 Å². The minimum atomic E-state index is 0.424. The van der Waals surface area contributed by atoms with Crippen molar-refractivity contribution in [1.29, 1.82) is 0 Å². The highest BCUT2D eigenvalue weighted by molar-refractivity contribution is 6.32. The van der Waals surface area contributed by atoms with Gasteiger partial charge >= 0.3 is 0 Å². The molecular weight excluding hydrogens is 434 g/mol. The molecule has 34 heavy (non-hydrogen) atoms. The number of hydrogen-bond acceptors (Lipinski definition) is 1. The van der Waals surface area contributed by atoms with Crippen LogP contribution < -0.4 is 5.32 Å². The highest BCUT2D eigenvalue weighted by atomic mass is 35.5. The normalized spacial score (nSPS) is 19.1. The number of allylic oxidation sites excluding steroid dienone is 8. The average Bonchev–Trinajstić information content (AvgIpc) is 2.84. The molecule has 1 aliphatic rings. The molecule has 0 heterocycles. The second-order valence-electron chi connectivity index (χ2n) is 9.38. The number of nitrogens with one attached hydrogen (secondary N) is 1. The van der Waals surface area contributed by atoms with Gasteiger partial charge in [-0.1, -0.05) is 93.1 Å². The first-order chi connectivity index (χ1) is 16.4. The molecule has 1 aliphatic carbocycles. The Bertz CT molecular complexity index is 966. The molecule has 1 nitrogen and oxygen atoms in total. The highest BCUT2D eigenvalue weighted by Crippen LogP contribution is 2.33. The van der Waals surface area contributed by atoms with Crippen molar-refractivity contribution in [3.05, 3.63) is 99.7 Å². The first kappa shape index (κ1) is 28.1. The van der Waals surface area contributed by atoms with E-state index in [1.54, 1.807) is 5.57 Å². The summed E-state index contributed by atoms with van der Waals surface area (Å²) >= 11 is 6.56. The Morgan fingerprint density at radius 2 is 2.03 bits per heavy atom. The van der Waals surface area contributed by atoms with Crippen LogP contribution in [0.5, 0.6) is 0 Å². The van der Waals surface area contributed by atoms with E-state index in [2.05, 4.69) is 89.9 Å². The van der Waals surface area contributed by atoms with Crippen LogP contribution >= 0.6 is 11.6 Å². The lowest BCUT2D eigenvalue weighted by molar-refractivity contribution is 0.453. The summed E-state index contributed by atoms with van der Waals surface area (Å²) in [5, 5.41) is 4.75. The van der Waals surface area contributed by atoms with Gasteiger partial charge in [0.05, 0.1) is 0 Å². The number of hydrogen-bond donors (Lipinski definition) is 1. The molecule has 0 saturated carbocycles. The lowest BCUT2D eigenvalue weighted by Crippen LogP contribution is -2.37. The summed E-state index contributed by atoms with van der Waals surface area (Å²) in [4.78, 5) is 0. The molecule has 0 radical (unpaired) electrons. The van der Waals surface area contributed by atoms with Gasteiger partial charge in [0, 0.05) is 23.2 Å². The molecule has 0 aliphatic heterocycles. The monoisotopic (exact) mass is 477 g/mol. The summed E-state index contributed by atoms with van der Waals surface area (Å²) in [5.74, 6) is 0.579. The van der Waals surface area contributed by atoms with Gasteiger partial charge in [0.1, 0.15) is 0 Å². The van der Waals surface area contributed by atoms with E-state index in [0.29, 0.717) is 12.0 Å². The lowest BCUT2D eigenvalue weighted by atomic mass is 9.79. The molecular formula is C32H44ClN. The van der Waals surface area contributed by atoms with Gasteiger partial charge in [-0.05, 0) is 92.7 Å². The van der Waals surface area contributed by atoms with Crippen LogP contribution in [0.2, 0.25) is 5.02 Å². The summed E-state index contributed by atoms with van der Waals surface area (Å²) in [6.45, 7) is 18.1. The molecule has 0 saturated heterocycles. The smallest absolute Gasteiger partial charge is 0.0486 e. The molecule has 2 heteroatoms. The van der Waals surface area contributed by atoms with E-state index in [9.17, 15) is 0 Å². The van der Waals surface area contributed by atoms with Crippen LogP contribution in [0, 0.1) is 12.8 Å². The zero-order valence-electron chi connectivity index (χ0n) is 22.2. The molecule has 1 aromatic carbocycles. The first-order valence-electron chi connectivity index (χ1n) is 12.9. The number of rotatable bonds is 11. The van der Waals surface area contributed by atoms with Crippen LogP contribution in [-0.4, -0.2) is 12.6 Å². The van der Waals surface area contributed by atoms with Crippen LogP contribution in [0.1, 0.15) is 77.8 Å². The third kappa shape index (κ3) is 7.45. The van der Waals surface area contributed by atoms with Crippen LogP contribution in [0.3, 0.4) is 0 Å². The zero-order chi connectivity index (χ0) is 25.1. The summed E-state index contributed by atoms with van der Waals surface area (Å²) in [7, 11) is 0. The van der Waals surface area contributed by atoms with Gasteiger partial charge in [-0.25, -0.2) is 0 Å². The molecule has 0 spiro atoms. The molecule has 2 rings (SSSR count). The van der Waals surface area contributed by atoms with Crippen molar-refractivity contribution >= 4 is 17.2 Å². The van der Waals surface area contributed by atoms with Gasteiger partial charge in [0.2, 0.25) is 0 Å². The molecule has 2 atom stereocenters. The standard InChI is InChI=1S/C32H44ClN/c1-8-12-16-27-17-14-19-30(32(27)24(6)10-3)34-22-28(23(5)9-2)21-20-26(11-4)31-25(7)15-13-18-29(31)33/h8,11-13,15-16,18,20-21,24,30,34H,1,9-10,14,17,19,22H2,2-7H3/b16-12-,21-20-,26-11+,28-23?. The van der Waals surface area contributed by atoms with E-state index < -0.39 is 0 Å².